The predicted octanol–water partition coefficient (Wildman–Crippen LogP) is 4.52. The van der Waals surface area contributed by atoms with Gasteiger partial charge in [0.05, 0.1) is 18.0 Å². The molecule has 30 heavy (non-hydrogen) atoms. The summed E-state index contributed by atoms with van der Waals surface area (Å²) >= 11 is 1.32. The van der Waals surface area contributed by atoms with Crippen molar-refractivity contribution in [2.75, 3.05) is 12.4 Å². The molecule has 1 atom stereocenters. The van der Waals surface area contributed by atoms with Crippen LogP contribution < -0.4 is 10.1 Å². The van der Waals surface area contributed by atoms with Gasteiger partial charge in [0.15, 0.2) is 0 Å². The Morgan fingerprint density at radius 1 is 1.27 bits per heavy atom. The first-order chi connectivity index (χ1) is 14.3. The van der Waals surface area contributed by atoms with Crippen LogP contribution in [-0.2, 0) is 11.2 Å². The van der Waals surface area contributed by atoms with Crippen molar-refractivity contribution in [1.29, 1.82) is 0 Å². The zero-order valence-corrected chi connectivity index (χ0v) is 19.3. The highest BCUT2D eigenvalue weighted by Crippen LogP contribution is 2.28. The van der Waals surface area contributed by atoms with Crippen LogP contribution in [0.4, 0.5) is 5.69 Å². The second kappa shape index (κ2) is 9.47. The topological polar surface area (TPSA) is 81.4 Å². The summed E-state index contributed by atoms with van der Waals surface area (Å²) in [5.74, 6) is 1.07. The molecule has 0 radical (unpaired) electrons. The number of anilines is 1. The third kappa shape index (κ3) is 4.75. The molecule has 1 unspecified atom stereocenters. The maximum atomic E-state index is 12.7. The van der Waals surface area contributed by atoms with Gasteiger partial charge >= 0.3 is 0 Å². The van der Waals surface area contributed by atoms with Gasteiger partial charge in [-0.2, -0.15) is 4.98 Å². The van der Waals surface area contributed by atoms with Crippen molar-refractivity contribution in [3.63, 3.8) is 0 Å². The molecule has 2 heterocycles. The predicted molar refractivity (Wildman–Crippen MR) is 121 cm³/mol. The summed E-state index contributed by atoms with van der Waals surface area (Å²) in [5, 5.41) is 7.70. The largest absolute Gasteiger partial charge is 0.495 e. The molecule has 3 rings (SSSR count). The number of methoxy groups -OCH3 is 1. The monoisotopic (exact) mass is 427 g/mol. The van der Waals surface area contributed by atoms with E-state index in [0.29, 0.717) is 22.4 Å². The zero-order chi connectivity index (χ0) is 21.8. The van der Waals surface area contributed by atoms with Crippen molar-refractivity contribution in [2.24, 2.45) is 0 Å². The normalized spacial score (nSPS) is 12.2. The minimum absolute atomic E-state index is 0.132. The van der Waals surface area contributed by atoms with Crippen molar-refractivity contribution in [3.05, 3.63) is 40.7 Å². The van der Waals surface area contributed by atoms with Crippen LogP contribution in [0.5, 0.6) is 5.75 Å². The van der Waals surface area contributed by atoms with Gasteiger partial charge in [0.2, 0.25) is 11.1 Å². The summed E-state index contributed by atoms with van der Waals surface area (Å²) < 4.78 is 7.13. The van der Waals surface area contributed by atoms with Gasteiger partial charge in [-0.15, -0.1) is 5.10 Å². The van der Waals surface area contributed by atoms with Gasteiger partial charge in [-0.05, 0) is 63.8 Å². The smallest absolute Gasteiger partial charge is 0.253 e. The number of hydrogen-bond donors (Lipinski definition) is 1. The molecule has 2 aromatic heterocycles. The van der Waals surface area contributed by atoms with E-state index in [0.717, 1.165) is 36.2 Å². The van der Waals surface area contributed by atoms with Gasteiger partial charge in [0.25, 0.3) is 5.78 Å². The second-order valence-corrected chi connectivity index (χ2v) is 8.73. The van der Waals surface area contributed by atoms with E-state index in [-0.39, 0.29) is 11.2 Å². The fourth-order valence-electron chi connectivity index (χ4n) is 3.32. The number of aryl methyl sites for hydroxylation is 3. The zero-order valence-electron chi connectivity index (χ0n) is 18.4. The Balaban J connectivity index is 1.78. The van der Waals surface area contributed by atoms with Gasteiger partial charge in [-0.1, -0.05) is 31.2 Å². The standard InChI is InChI=1S/C22H29N5O2S/c1-7-8-9-17-14(3)23-21-25-22(26-27(21)15(17)4)30-16(5)20(28)24-18-12-13(2)10-11-19(18)29-6/h10-12,16H,7-9H2,1-6H3,(H,24,28). The molecule has 1 aromatic carbocycles. The van der Waals surface area contributed by atoms with Crippen LogP contribution in [0.15, 0.2) is 23.4 Å². The van der Waals surface area contributed by atoms with E-state index in [4.69, 9.17) is 4.74 Å². The van der Waals surface area contributed by atoms with Gasteiger partial charge in [0.1, 0.15) is 5.75 Å². The molecule has 0 fully saturated rings. The van der Waals surface area contributed by atoms with Gasteiger partial charge in [-0.3, -0.25) is 4.79 Å². The number of carbonyl (C=O) groups is 1. The summed E-state index contributed by atoms with van der Waals surface area (Å²) in [4.78, 5) is 21.9. The van der Waals surface area contributed by atoms with Crippen molar-refractivity contribution in [3.8, 4) is 5.75 Å². The summed E-state index contributed by atoms with van der Waals surface area (Å²) in [6.45, 7) is 10.1. The third-order valence-corrected chi connectivity index (χ3v) is 6.03. The number of thioether (sulfide) groups is 1. The molecule has 1 amide bonds. The molecule has 160 valence electrons. The Hall–Kier alpha value is -2.61. The van der Waals surface area contributed by atoms with Crippen molar-refractivity contribution < 1.29 is 9.53 Å². The fraction of sp³-hybridized carbons (Fsp3) is 0.455. The number of amides is 1. The molecule has 0 saturated carbocycles. The van der Waals surface area contributed by atoms with Gasteiger partial charge in [-0.25, -0.2) is 9.50 Å². The number of nitrogens with one attached hydrogen (secondary N) is 1. The maximum absolute atomic E-state index is 12.7. The van der Waals surface area contributed by atoms with Gasteiger partial charge < -0.3 is 10.1 Å². The molecular weight excluding hydrogens is 398 g/mol. The number of fused-ring (bicyclic) bond motifs is 1. The van der Waals surface area contributed by atoms with E-state index in [1.165, 1.54) is 17.3 Å². The fourth-order valence-corrected chi connectivity index (χ4v) is 4.07. The summed E-state index contributed by atoms with van der Waals surface area (Å²) in [5.41, 5.74) is 4.99. The number of carbonyl (C=O) groups excluding carboxylic acids is 1. The molecule has 0 bridgehead atoms. The Morgan fingerprint density at radius 3 is 2.73 bits per heavy atom. The molecule has 0 aliphatic rings. The molecule has 0 aliphatic carbocycles. The van der Waals surface area contributed by atoms with Crippen LogP contribution in [0.2, 0.25) is 0 Å². The molecule has 8 heteroatoms. The number of nitrogens with zero attached hydrogens (tertiary/aromatic N) is 4. The highest BCUT2D eigenvalue weighted by Gasteiger charge is 2.20. The highest BCUT2D eigenvalue weighted by atomic mass is 32.2. The van der Waals surface area contributed by atoms with Crippen LogP contribution in [0.25, 0.3) is 5.78 Å². The van der Waals surface area contributed by atoms with E-state index < -0.39 is 0 Å². The molecule has 7 nitrogen and oxygen atoms in total. The van der Waals surface area contributed by atoms with E-state index >= 15 is 0 Å². The number of hydrogen-bond acceptors (Lipinski definition) is 6. The first-order valence-electron chi connectivity index (χ1n) is 10.2. The van der Waals surface area contributed by atoms with Crippen molar-refractivity contribution in [1.82, 2.24) is 19.6 Å². The average Bonchev–Trinajstić information content (AvgIpc) is 3.10. The van der Waals surface area contributed by atoms with Crippen molar-refractivity contribution in [2.45, 2.75) is 64.3 Å². The molecule has 1 N–H and O–H groups in total. The quantitative estimate of drug-likeness (QED) is 0.532. The molecule has 0 saturated heterocycles. The van der Waals surface area contributed by atoms with E-state index in [9.17, 15) is 4.79 Å². The van der Waals surface area contributed by atoms with E-state index in [1.54, 1.807) is 11.6 Å². The lowest BCUT2D eigenvalue weighted by atomic mass is 10.1. The first kappa shape index (κ1) is 22.1. The Bertz CT molecular complexity index is 1060. The number of benzene rings is 1. The number of unbranched alkanes of at least 4 members (excludes halogenated alkanes) is 1. The lowest BCUT2D eigenvalue weighted by Crippen LogP contribution is -2.23. The number of ether oxygens (including phenoxy) is 1. The SMILES string of the molecule is CCCCc1c(C)nc2nc(SC(C)C(=O)Nc3cc(C)ccc3OC)nn2c1C. The van der Waals surface area contributed by atoms with Crippen LogP contribution in [0, 0.1) is 20.8 Å². The molecule has 0 spiro atoms. The summed E-state index contributed by atoms with van der Waals surface area (Å²) in [6, 6.07) is 5.68. The highest BCUT2D eigenvalue weighted by molar-refractivity contribution is 8.00. The van der Waals surface area contributed by atoms with E-state index in [2.05, 4.69) is 34.2 Å². The van der Waals surface area contributed by atoms with Gasteiger partial charge in [0, 0.05) is 11.4 Å². The van der Waals surface area contributed by atoms with Crippen LogP contribution >= 0.6 is 11.8 Å². The summed E-state index contributed by atoms with van der Waals surface area (Å²) in [7, 11) is 1.59. The Labute approximate surface area is 181 Å². The lowest BCUT2D eigenvalue weighted by Gasteiger charge is -2.13. The summed E-state index contributed by atoms with van der Waals surface area (Å²) in [6.07, 6.45) is 3.23. The van der Waals surface area contributed by atoms with Crippen LogP contribution in [0.1, 0.15) is 49.2 Å². The number of rotatable bonds is 8. The van der Waals surface area contributed by atoms with Crippen LogP contribution in [-0.4, -0.2) is 37.8 Å². The Kier molecular flexibility index (Phi) is 6.97. The van der Waals surface area contributed by atoms with Crippen molar-refractivity contribution >= 4 is 29.1 Å². The third-order valence-electron chi connectivity index (χ3n) is 5.07. The number of aromatic nitrogens is 4. The average molecular weight is 428 g/mol. The Morgan fingerprint density at radius 2 is 2.03 bits per heavy atom. The minimum Gasteiger partial charge on any atom is -0.495 e. The molecular formula is C22H29N5O2S. The maximum Gasteiger partial charge on any atom is 0.253 e. The van der Waals surface area contributed by atoms with E-state index in [1.807, 2.05) is 39.0 Å². The second-order valence-electron chi connectivity index (χ2n) is 7.42. The minimum atomic E-state index is -0.381. The van der Waals surface area contributed by atoms with Crippen LogP contribution in [0.3, 0.4) is 0 Å². The molecule has 0 aliphatic heterocycles. The molecule has 3 aromatic rings. The first-order valence-corrected chi connectivity index (χ1v) is 11.1. The lowest BCUT2D eigenvalue weighted by molar-refractivity contribution is -0.115.